The summed E-state index contributed by atoms with van der Waals surface area (Å²) < 4.78 is 16.9. The fraction of sp³-hybridized carbons (Fsp3) is 0.850. The molecule has 0 rings (SSSR count). The molecule has 0 aromatic heterocycles. The third-order valence-electron chi connectivity index (χ3n) is 12.9. The van der Waals surface area contributed by atoms with Crippen LogP contribution in [0.3, 0.4) is 0 Å². The van der Waals surface area contributed by atoms with Crippen LogP contribution in [0.1, 0.15) is 310 Å². The first-order valence-electron chi connectivity index (χ1n) is 29.0. The van der Waals surface area contributed by atoms with Gasteiger partial charge in [-0.05, 0) is 51.4 Å². The van der Waals surface area contributed by atoms with Crippen LogP contribution in [-0.2, 0) is 28.6 Å². The van der Waals surface area contributed by atoms with E-state index in [0.717, 1.165) is 83.5 Å². The van der Waals surface area contributed by atoms with Crippen LogP contribution in [0.5, 0.6) is 0 Å². The van der Waals surface area contributed by atoms with Crippen LogP contribution < -0.4 is 0 Å². The minimum atomic E-state index is -0.771. The average Bonchev–Trinajstić information content (AvgIpc) is 3.31. The fourth-order valence-corrected chi connectivity index (χ4v) is 8.58. The molecule has 0 aliphatic rings. The van der Waals surface area contributed by atoms with Gasteiger partial charge in [0, 0.05) is 19.3 Å². The van der Waals surface area contributed by atoms with Gasteiger partial charge in [-0.3, -0.25) is 14.4 Å². The number of esters is 3. The predicted molar refractivity (Wildman–Crippen MR) is 284 cm³/mol. The Morgan fingerprint density at radius 3 is 0.924 bits per heavy atom. The zero-order chi connectivity index (χ0) is 47.9. The van der Waals surface area contributed by atoms with Gasteiger partial charge in [0.15, 0.2) is 6.10 Å². The van der Waals surface area contributed by atoms with Crippen LogP contribution in [0.15, 0.2) is 36.5 Å². The van der Waals surface area contributed by atoms with Gasteiger partial charge in [0.05, 0.1) is 0 Å². The van der Waals surface area contributed by atoms with Gasteiger partial charge in [-0.2, -0.15) is 0 Å². The van der Waals surface area contributed by atoms with Crippen molar-refractivity contribution in [2.45, 2.75) is 316 Å². The summed E-state index contributed by atoms with van der Waals surface area (Å²) in [5.41, 5.74) is 0. The summed E-state index contributed by atoms with van der Waals surface area (Å²) in [6.07, 6.45) is 65.6. The van der Waals surface area contributed by atoms with Crippen LogP contribution in [0.2, 0.25) is 0 Å². The minimum Gasteiger partial charge on any atom is -0.462 e. The Morgan fingerprint density at radius 1 is 0.318 bits per heavy atom. The lowest BCUT2D eigenvalue weighted by Crippen LogP contribution is -2.30. The highest BCUT2D eigenvalue weighted by atomic mass is 16.6. The van der Waals surface area contributed by atoms with Crippen molar-refractivity contribution in [2.24, 2.45) is 0 Å². The molecule has 0 N–H and O–H groups in total. The highest BCUT2D eigenvalue weighted by molar-refractivity contribution is 5.71. The van der Waals surface area contributed by atoms with Gasteiger partial charge in [0.25, 0.3) is 0 Å². The summed E-state index contributed by atoms with van der Waals surface area (Å²) in [6.45, 7) is 6.57. The summed E-state index contributed by atoms with van der Waals surface area (Å²) in [7, 11) is 0. The molecule has 0 heterocycles. The minimum absolute atomic E-state index is 0.0702. The van der Waals surface area contributed by atoms with E-state index in [-0.39, 0.29) is 31.1 Å². The summed E-state index contributed by atoms with van der Waals surface area (Å²) in [4.78, 5) is 38.2. The Labute approximate surface area is 410 Å². The molecule has 0 aliphatic carbocycles. The lowest BCUT2D eigenvalue weighted by Gasteiger charge is -2.18. The third-order valence-corrected chi connectivity index (χ3v) is 12.9. The molecule has 0 aromatic rings. The van der Waals surface area contributed by atoms with Crippen LogP contribution >= 0.6 is 0 Å². The molecular formula is C60H110O6. The first kappa shape index (κ1) is 63.6. The van der Waals surface area contributed by atoms with Crippen molar-refractivity contribution in [3.63, 3.8) is 0 Å². The lowest BCUT2D eigenvalue weighted by molar-refractivity contribution is -0.167. The number of allylic oxidation sites excluding steroid dienone is 6. The second-order valence-corrected chi connectivity index (χ2v) is 19.5. The van der Waals surface area contributed by atoms with Crippen molar-refractivity contribution in [3.05, 3.63) is 36.5 Å². The Morgan fingerprint density at radius 2 is 0.591 bits per heavy atom. The smallest absolute Gasteiger partial charge is 0.306 e. The summed E-state index contributed by atoms with van der Waals surface area (Å²) in [5, 5.41) is 0. The molecule has 6 heteroatoms. The van der Waals surface area contributed by atoms with E-state index < -0.39 is 6.10 Å². The SMILES string of the molecule is CC/C=C\C/C=C\C/C=C\CCCCCCCCCC(=O)OCC(COC(=O)CCCCCCCCCCCCCCCC)OC(=O)CCCCCCCCCCCCCCCCCCC. The summed E-state index contributed by atoms with van der Waals surface area (Å²) in [5.74, 6) is -0.860. The quantitative estimate of drug-likeness (QED) is 0.0262. The average molecular weight is 928 g/mol. The predicted octanol–water partition coefficient (Wildman–Crippen LogP) is 19.3. The van der Waals surface area contributed by atoms with Gasteiger partial charge < -0.3 is 14.2 Å². The maximum Gasteiger partial charge on any atom is 0.306 e. The van der Waals surface area contributed by atoms with E-state index in [1.807, 2.05) is 0 Å². The van der Waals surface area contributed by atoms with E-state index in [1.165, 1.54) is 186 Å². The molecule has 0 aliphatic heterocycles. The van der Waals surface area contributed by atoms with Crippen LogP contribution in [0, 0.1) is 0 Å². The molecular weight excluding hydrogens is 817 g/mol. The van der Waals surface area contributed by atoms with Crippen molar-refractivity contribution < 1.29 is 28.6 Å². The van der Waals surface area contributed by atoms with Crippen LogP contribution in [-0.4, -0.2) is 37.2 Å². The molecule has 1 unspecified atom stereocenters. The topological polar surface area (TPSA) is 78.9 Å². The van der Waals surface area contributed by atoms with Gasteiger partial charge in [-0.25, -0.2) is 0 Å². The highest BCUT2D eigenvalue weighted by Crippen LogP contribution is 2.17. The number of unbranched alkanes of at least 4 members (excludes halogenated alkanes) is 36. The first-order valence-corrected chi connectivity index (χ1v) is 29.0. The lowest BCUT2D eigenvalue weighted by atomic mass is 10.0. The van der Waals surface area contributed by atoms with Gasteiger partial charge in [0.1, 0.15) is 13.2 Å². The van der Waals surface area contributed by atoms with Crippen molar-refractivity contribution in [1.29, 1.82) is 0 Å². The molecule has 0 fully saturated rings. The normalized spacial score (nSPS) is 12.2. The summed E-state index contributed by atoms with van der Waals surface area (Å²) >= 11 is 0. The van der Waals surface area contributed by atoms with Gasteiger partial charge in [0.2, 0.25) is 0 Å². The molecule has 6 nitrogen and oxygen atoms in total. The monoisotopic (exact) mass is 927 g/mol. The van der Waals surface area contributed by atoms with Crippen molar-refractivity contribution in [2.75, 3.05) is 13.2 Å². The van der Waals surface area contributed by atoms with E-state index >= 15 is 0 Å². The molecule has 0 saturated carbocycles. The molecule has 66 heavy (non-hydrogen) atoms. The Bertz CT molecular complexity index is 1110. The number of carbonyl (C=O) groups excluding carboxylic acids is 3. The van der Waals surface area contributed by atoms with Gasteiger partial charge in [-0.1, -0.05) is 276 Å². The second kappa shape index (κ2) is 55.2. The van der Waals surface area contributed by atoms with Crippen LogP contribution in [0.4, 0.5) is 0 Å². The Balaban J connectivity index is 4.34. The number of carbonyl (C=O) groups is 3. The van der Waals surface area contributed by atoms with Crippen molar-refractivity contribution >= 4 is 17.9 Å². The van der Waals surface area contributed by atoms with E-state index in [4.69, 9.17) is 14.2 Å². The molecule has 1 atom stereocenters. The fourth-order valence-electron chi connectivity index (χ4n) is 8.58. The molecule has 386 valence electrons. The van der Waals surface area contributed by atoms with Crippen LogP contribution in [0.25, 0.3) is 0 Å². The molecule has 0 bridgehead atoms. The number of hydrogen-bond donors (Lipinski definition) is 0. The van der Waals surface area contributed by atoms with E-state index in [9.17, 15) is 14.4 Å². The molecule has 0 spiro atoms. The highest BCUT2D eigenvalue weighted by Gasteiger charge is 2.19. The summed E-state index contributed by atoms with van der Waals surface area (Å²) in [6, 6.07) is 0. The van der Waals surface area contributed by atoms with E-state index in [0.29, 0.717) is 19.3 Å². The number of rotatable bonds is 53. The van der Waals surface area contributed by atoms with E-state index in [1.54, 1.807) is 0 Å². The third kappa shape index (κ3) is 52.6. The van der Waals surface area contributed by atoms with Gasteiger partial charge in [-0.15, -0.1) is 0 Å². The molecule has 0 radical (unpaired) electrons. The largest absolute Gasteiger partial charge is 0.462 e. The molecule has 0 aromatic carbocycles. The Hall–Kier alpha value is -2.37. The molecule has 0 amide bonds. The van der Waals surface area contributed by atoms with Gasteiger partial charge >= 0.3 is 17.9 Å². The van der Waals surface area contributed by atoms with E-state index in [2.05, 4.69) is 57.2 Å². The standard InChI is InChI=1S/C60H110O6/c1-4-7-10-13-16-19-22-25-28-30-32-35-38-41-44-47-50-53-59(62)65-56-57(55-64-58(61)52-49-46-43-40-37-34-27-24-21-18-15-12-9-6-3)66-60(63)54-51-48-45-42-39-36-33-31-29-26-23-20-17-14-11-8-5-2/h7,10,16,19,25,28,57H,4-6,8-9,11-15,17-18,20-24,26-27,29-56H2,1-3H3/b10-7-,19-16-,28-25-. The number of ether oxygens (including phenoxy) is 3. The second-order valence-electron chi connectivity index (χ2n) is 19.5. The maximum atomic E-state index is 12.9. The Kier molecular flexibility index (Phi) is 53.2. The zero-order valence-corrected chi connectivity index (χ0v) is 44.2. The zero-order valence-electron chi connectivity index (χ0n) is 44.2. The van der Waals surface area contributed by atoms with Crippen molar-refractivity contribution in [1.82, 2.24) is 0 Å². The number of hydrogen-bond acceptors (Lipinski definition) is 6. The first-order chi connectivity index (χ1) is 32.5. The maximum absolute atomic E-state index is 12.9. The van der Waals surface area contributed by atoms with Crippen molar-refractivity contribution in [3.8, 4) is 0 Å². The molecule has 0 saturated heterocycles.